The van der Waals surface area contributed by atoms with E-state index in [4.69, 9.17) is 4.74 Å². The predicted octanol–water partition coefficient (Wildman–Crippen LogP) is 0.510. The number of carbonyl (C=O) groups excluding carboxylic acids is 2. The molecule has 0 radical (unpaired) electrons. The molecule has 1 aliphatic heterocycles. The Morgan fingerprint density at radius 3 is 2.76 bits per heavy atom. The van der Waals surface area contributed by atoms with Crippen molar-refractivity contribution >= 4 is 17.5 Å². The number of carbonyl (C=O) groups is 2. The fourth-order valence-electron chi connectivity index (χ4n) is 2.13. The number of nitrogens with one attached hydrogen (secondary N) is 2. The normalized spacial score (nSPS) is 21.1. The fourth-order valence-corrected chi connectivity index (χ4v) is 2.13. The van der Waals surface area contributed by atoms with Gasteiger partial charge in [0.1, 0.15) is 5.60 Å². The largest absolute Gasteiger partial charge is 0.386 e. The lowest BCUT2D eigenvalue weighted by molar-refractivity contribution is -0.136. The maximum atomic E-state index is 11.8. The van der Waals surface area contributed by atoms with Crippen LogP contribution in [0.15, 0.2) is 18.2 Å². The highest BCUT2D eigenvalue weighted by atomic mass is 16.5. The molecule has 1 aromatic rings. The second-order valence-corrected chi connectivity index (χ2v) is 5.41. The maximum Gasteiger partial charge on any atom is 0.313 e. The van der Waals surface area contributed by atoms with Gasteiger partial charge in [0, 0.05) is 25.3 Å². The molecule has 3 N–H and O–H groups in total. The van der Waals surface area contributed by atoms with Crippen LogP contribution in [0.25, 0.3) is 0 Å². The standard InChI is InChI=1S/C15H20N2O4/c1-10-4-3-5-12(11(10)2)17-14(19)13(18)16-8-15(20)6-7-21-9-15/h3-5,20H,6-9H2,1-2H3,(H,16,18)(H,17,19)/t15-/m0/s1. The van der Waals surface area contributed by atoms with Crippen LogP contribution in [0.1, 0.15) is 17.5 Å². The van der Waals surface area contributed by atoms with E-state index in [-0.39, 0.29) is 13.2 Å². The summed E-state index contributed by atoms with van der Waals surface area (Å²) in [7, 11) is 0. The van der Waals surface area contributed by atoms with Gasteiger partial charge in [0.15, 0.2) is 0 Å². The average Bonchev–Trinajstić information content (AvgIpc) is 2.88. The Kier molecular flexibility index (Phi) is 4.59. The lowest BCUT2D eigenvalue weighted by atomic mass is 10.0. The van der Waals surface area contributed by atoms with E-state index in [1.54, 1.807) is 6.07 Å². The highest BCUT2D eigenvalue weighted by molar-refractivity contribution is 6.39. The number of aliphatic hydroxyl groups is 1. The lowest BCUT2D eigenvalue weighted by Gasteiger charge is -2.20. The van der Waals surface area contributed by atoms with E-state index in [1.165, 1.54) is 0 Å². The van der Waals surface area contributed by atoms with Crippen molar-refractivity contribution in [1.82, 2.24) is 5.32 Å². The number of amides is 2. The highest BCUT2D eigenvalue weighted by Crippen LogP contribution is 2.18. The van der Waals surface area contributed by atoms with Gasteiger partial charge < -0.3 is 20.5 Å². The lowest BCUT2D eigenvalue weighted by Crippen LogP contribution is -2.46. The van der Waals surface area contributed by atoms with Crippen molar-refractivity contribution in [3.8, 4) is 0 Å². The van der Waals surface area contributed by atoms with Crippen LogP contribution in [-0.2, 0) is 14.3 Å². The third kappa shape index (κ3) is 3.80. The van der Waals surface area contributed by atoms with E-state index in [0.29, 0.717) is 18.7 Å². The summed E-state index contributed by atoms with van der Waals surface area (Å²) in [4.78, 5) is 23.6. The number of hydrogen-bond donors (Lipinski definition) is 3. The highest BCUT2D eigenvalue weighted by Gasteiger charge is 2.33. The van der Waals surface area contributed by atoms with Crippen molar-refractivity contribution in [2.24, 2.45) is 0 Å². The topological polar surface area (TPSA) is 87.7 Å². The molecule has 6 heteroatoms. The number of benzene rings is 1. The van der Waals surface area contributed by atoms with Crippen LogP contribution < -0.4 is 10.6 Å². The first-order valence-electron chi connectivity index (χ1n) is 6.87. The molecular weight excluding hydrogens is 272 g/mol. The van der Waals surface area contributed by atoms with Crippen LogP contribution in [0.5, 0.6) is 0 Å². The van der Waals surface area contributed by atoms with Crippen LogP contribution >= 0.6 is 0 Å². The summed E-state index contributed by atoms with van der Waals surface area (Å²) in [6, 6.07) is 5.49. The number of aryl methyl sites for hydroxylation is 1. The van der Waals surface area contributed by atoms with E-state index in [1.807, 2.05) is 26.0 Å². The molecule has 1 aromatic carbocycles. The summed E-state index contributed by atoms with van der Waals surface area (Å²) in [5.74, 6) is -1.51. The van der Waals surface area contributed by atoms with Crippen LogP contribution in [0.4, 0.5) is 5.69 Å². The molecule has 114 valence electrons. The number of anilines is 1. The summed E-state index contributed by atoms with van der Waals surface area (Å²) in [6.45, 7) is 4.45. The van der Waals surface area contributed by atoms with Gasteiger partial charge in [-0.1, -0.05) is 12.1 Å². The maximum absolute atomic E-state index is 11.8. The average molecular weight is 292 g/mol. The van der Waals surface area contributed by atoms with Crippen molar-refractivity contribution in [3.63, 3.8) is 0 Å². The SMILES string of the molecule is Cc1cccc(NC(=O)C(=O)NC[C@@]2(O)CCOC2)c1C. The van der Waals surface area contributed by atoms with Gasteiger partial charge in [-0.3, -0.25) is 9.59 Å². The Hall–Kier alpha value is -1.92. The van der Waals surface area contributed by atoms with E-state index in [9.17, 15) is 14.7 Å². The molecule has 1 saturated heterocycles. The molecule has 6 nitrogen and oxygen atoms in total. The zero-order chi connectivity index (χ0) is 15.5. The van der Waals surface area contributed by atoms with Gasteiger partial charge in [-0.15, -0.1) is 0 Å². The minimum Gasteiger partial charge on any atom is -0.386 e. The molecular formula is C15H20N2O4. The quantitative estimate of drug-likeness (QED) is 0.708. The number of ether oxygens (including phenoxy) is 1. The summed E-state index contributed by atoms with van der Waals surface area (Å²) >= 11 is 0. The van der Waals surface area contributed by atoms with Gasteiger partial charge in [0.05, 0.1) is 6.61 Å². The van der Waals surface area contributed by atoms with Crippen molar-refractivity contribution in [2.75, 3.05) is 25.1 Å². The first-order chi connectivity index (χ1) is 9.91. The summed E-state index contributed by atoms with van der Waals surface area (Å²) in [6.07, 6.45) is 0.450. The minimum absolute atomic E-state index is 0.00600. The molecule has 0 spiro atoms. The van der Waals surface area contributed by atoms with Gasteiger partial charge >= 0.3 is 11.8 Å². The molecule has 0 aromatic heterocycles. The molecule has 2 rings (SSSR count). The smallest absolute Gasteiger partial charge is 0.313 e. The molecule has 0 saturated carbocycles. The number of rotatable bonds is 3. The van der Waals surface area contributed by atoms with Gasteiger partial charge in [-0.2, -0.15) is 0 Å². The Bertz CT molecular complexity index is 551. The summed E-state index contributed by atoms with van der Waals surface area (Å²) in [5, 5.41) is 15.0. The fraction of sp³-hybridized carbons (Fsp3) is 0.467. The Morgan fingerprint density at radius 1 is 1.33 bits per heavy atom. The van der Waals surface area contributed by atoms with Crippen molar-refractivity contribution in [1.29, 1.82) is 0 Å². The minimum atomic E-state index is -1.07. The van der Waals surface area contributed by atoms with Gasteiger partial charge in [-0.05, 0) is 31.0 Å². The molecule has 1 aliphatic rings. The van der Waals surface area contributed by atoms with Crippen LogP contribution in [-0.4, -0.2) is 42.3 Å². The summed E-state index contributed by atoms with van der Waals surface area (Å²) in [5.41, 5.74) is 1.49. The molecule has 1 fully saturated rings. The molecule has 21 heavy (non-hydrogen) atoms. The molecule has 1 atom stereocenters. The first kappa shape index (κ1) is 15.5. The van der Waals surface area contributed by atoms with Crippen molar-refractivity contribution in [3.05, 3.63) is 29.3 Å². The van der Waals surface area contributed by atoms with E-state index >= 15 is 0 Å². The zero-order valence-electron chi connectivity index (χ0n) is 12.2. The van der Waals surface area contributed by atoms with E-state index < -0.39 is 17.4 Å². The number of hydrogen-bond acceptors (Lipinski definition) is 4. The van der Waals surface area contributed by atoms with E-state index in [2.05, 4.69) is 10.6 Å². The third-order valence-corrected chi connectivity index (χ3v) is 3.72. The van der Waals surface area contributed by atoms with Crippen LogP contribution in [0.3, 0.4) is 0 Å². The van der Waals surface area contributed by atoms with Crippen LogP contribution in [0, 0.1) is 13.8 Å². The third-order valence-electron chi connectivity index (χ3n) is 3.72. The monoisotopic (exact) mass is 292 g/mol. The van der Waals surface area contributed by atoms with Gasteiger partial charge in [0.25, 0.3) is 0 Å². The second-order valence-electron chi connectivity index (χ2n) is 5.41. The molecule has 0 unspecified atom stereocenters. The Labute approximate surface area is 123 Å². The second kappa shape index (κ2) is 6.24. The van der Waals surface area contributed by atoms with Gasteiger partial charge in [-0.25, -0.2) is 0 Å². The molecule has 1 heterocycles. The molecule has 0 bridgehead atoms. The van der Waals surface area contributed by atoms with E-state index in [0.717, 1.165) is 11.1 Å². The van der Waals surface area contributed by atoms with Gasteiger partial charge in [0.2, 0.25) is 0 Å². The molecule has 0 aliphatic carbocycles. The predicted molar refractivity (Wildman–Crippen MR) is 77.9 cm³/mol. The summed E-state index contributed by atoms with van der Waals surface area (Å²) < 4.78 is 5.08. The molecule has 2 amide bonds. The first-order valence-corrected chi connectivity index (χ1v) is 6.87. The Morgan fingerprint density at radius 2 is 2.10 bits per heavy atom. The Balaban J connectivity index is 1.91. The van der Waals surface area contributed by atoms with Crippen molar-refractivity contribution < 1.29 is 19.4 Å². The van der Waals surface area contributed by atoms with Crippen molar-refractivity contribution in [2.45, 2.75) is 25.9 Å². The van der Waals surface area contributed by atoms with Crippen LogP contribution in [0.2, 0.25) is 0 Å². The zero-order valence-corrected chi connectivity index (χ0v) is 12.2.